The van der Waals surface area contributed by atoms with Crippen molar-refractivity contribution in [3.63, 3.8) is 0 Å². The Morgan fingerprint density at radius 2 is 1.04 bits per heavy atom. The van der Waals surface area contributed by atoms with Crippen LogP contribution >= 0.6 is 45.2 Å². The van der Waals surface area contributed by atoms with Crippen LogP contribution in [0.25, 0.3) is 11.4 Å². The van der Waals surface area contributed by atoms with Crippen molar-refractivity contribution in [2.45, 2.75) is 13.2 Å². The molecule has 0 aliphatic carbocycles. The molecule has 0 spiro atoms. The lowest BCUT2D eigenvalue weighted by molar-refractivity contribution is 0.0618. The SMILES string of the molecule is Ic1cnn(OCc2ccccc2)c1-c1c(I)cnn1OCc1ccccc1. The van der Waals surface area contributed by atoms with E-state index in [9.17, 15) is 0 Å². The minimum Gasteiger partial charge on any atom is -0.391 e. The normalized spacial score (nSPS) is 10.8. The van der Waals surface area contributed by atoms with Gasteiger partial charge in [-0.3, -0.25) is 0 Å². The zero-order chi connectivity index (χ0) is 19.3. The number of nitrogens with zero attached hydrogens (tertiary/aromatic N) is 4. The van der Waals surface area contributed by atoms with E-state index in [0.717, 1.165) is 29.7 Å². The third kappa shape index (κ3) is 4.32. The minimum atomic E-state index is 0.418. The predicted molar refractivity (Wildman–Crippen MR) is 122 cm³/mol. The van der Waals surface area contributed by atoms with E-state index in [1.807, 2.05) is 60.7 Å². The number of benzene rings is 2. The van der Waals surface area contributed by atoms with Crippen LogP contribution in [-0.2, 0) is 13.2 Å². The van der Waals surface area contributed by atoms with E-state index in [-0.39, 0.29) is 0 Å². The molecule has 8 heteroatoms. The lowest BCUT2D eigenvalue weighted by Gasteiger charge is -2.13. The maximum atomic E-state index is 5.94. The molecule has 28 heavy (non-hydrogen) atoms. The minimum absolute atomic E-state index is 0.418. The average Bonchev–Trinajstić information content (AvgIpc) is 3.27. The van der Waals surface area contributed by atoms with Gasteiger partial charge in [-0.2, -0.15) is 0 Å². The third-order valence-corrected chi connectivity index (χ3v) is 5.58. The van der Waals surface area contributed by atoms with Crippen LogP contribution in [0.3, 0.4) is 0 Å². The van der Waals surface area contributed by atoms with Crippen LogP contribution in [0.2, 0.25) is 0 Å². The quantitative estimate of drug-likeness (QED) is 0.300. The van der Waals surface area contributed by atoms with Crippen LogP contribution < -0.4 is 9.68 Å². The molecule has 0 unspecified atom stereocenters. The first-order chi connectivity index (χ1) is 13.7. The summed E-state index contributed by atoms with van der Waals surface area (Å²) in [7, 11) is 0. The highest BCUT2D eigenvalue weighted by Gasteiger charge is 2.22. The molecule has 0 aliphatic rings. The van der Waals surface area contributed by atoms with Crippen LogP contribution in [-0.4, -0.2) is 19.9 Å². The summed E-state index contributed by atoms with van der Waals surface area (Å²) in [6.45, 7) is 0.836. The van der Waals surface area contributed by atoms with Crippen LogP contribution in [0.4, 0.5) is 0 Å². The topological polar surface area (TPSA) is 54.1 Å². The first-order valence-electron chi connectivity index (χ1n) is 8.54. The van der Waals surface area contributed by atoms with Gasteiger partial charge in [-0.05, 0) is 56.3 Å². The summed E-state index contributed by atoms with van der Waals surface area (Å²) >= 11 is 4.49. The monoisotopic (exact) mass is 598 g/mol. The maximum absolute atomic E-state index is 5.94. The number of hydrogen-bond acceptors (Lipinski definition) is 4. The van der Waals surface area contributed by atoms with Gasteiger partial charge in [-0.25, -0.2) is 0 Å². The Morgan fingerprint density at radius 3 is 1.43 bits per heavy atom. The molecule has 4 rings (SSSR count). The van der Waals surface area contributed by atoms with Gasteiger partial charge in [0.25, 0.3) is 0 Å². The molecule has 2 aromatic heterocycles. The molecule has 0 saturated carbocycles. The van der Waals surface area contributed by atoms with E-state index in [0.29, 0.717) is 13.2 Å². The average molecular weight is 598 g/mol. The molecule has 0 aliphatic heterocycles. The summed E-state index contributed by atoms with van der Waals surface area (Å²) in [5.74, 6) is 0. The number of halogens is 2. The molecule has 0 N–H and O–H groups in total. The fourth-order valence-electron chi connectivity index (χ4n) is 2.65. The second kappa shape index (κ2) is 8.95. The number of rotatable bonds is 7. The Balaban J connectivity index is 1.59. The zero-order valence-electron chi connectivity index (χ0n) is 14.7. The summed E-state index contributed by atoms with van der Waals surface area (Å²) in [4.78, 5) is 15.0. The van der Waals surface area contributed by atoms with Gasteiger partial charge >= 0.3 is 0 Å². The van der Waals surface area contributed by atoms with Gasteiger partial charge < -0.3 is 9.68 Å². The van der Waals surface area contributed by atoms with Crippen LogP contribution in [0.15, 0.2) is 73.1 Å². The van der Waals surface area contributed by atoms with Crippen LogP contribution in [0.1, 0.15) is 11.1 Å². The Morgan fingerprint density at radius 1 is 0.643 bits per heavy atom. The van der Waals surface area contributed by atoms with Gasteiger partial charge in [0.15, 0.2) is 0 Å². The Labute approximate surface area is 189 Å². The van der Waals surface area contributed by atoms with Crippen molar-refractivity contribution in [2.75, 3.05) is 0 Å². The molecular formula is C20H16I2N4O2. The lowest BCUT2D eigenvalue weighted by Crippen LogP contribution is -2.19. The number of hydrogen-bond donors (Lipinski definition) is 0. The molecule has 142 valence electrons. The van der Waals surface area contributed by atoms with Crippen molar-refractivity contribution in [1.82, 2.24) is 19.9 Å². The molecular weight excluding hydrogens is 582 g/mol. The van der Waals surface area contributed by atoms with Crippen LogP contribution in [0, 0.1) is 7.14 Å². The molecule has 0 amide bonds. The summed E-state index contributed by atoms with van der Waals surface area (Å²) in [6, 6.07) is 20.0. The smallest absolute Gasteiger partial charge is 0.146 e. The Bertz CT molecular complexity index is 963. The van der Waals surface area contributed by atoms with Gasteiger partial charge in [0.1, 0.15) is 24.6 Å². The highest BCUT2D eigenvalue weighted by atomic mass is 127. The second-order valence-corrected chi connectivity index (χ2v) is 8.27. The molecule has 0 fully saturated rings. The van der Waals surface area contributed by atoms with E-state index < -0.39 is 0 Å². The van der Waals surface area contributed by atoms with Crippen molar-refractivity contribution >= 4 is 45.2 Å². The second-order valence-electron chi connectivity index (χ2n) is 5.95. The predicted octanol–water partition coefficient (Wildman–Crippen LogP) is 4.21. The molecule has 0 atom stereocenters. The van der Waals surface area contributed by atoms with Gasteiger partial charge in [-0.1, -0.05) is 70.4 Å². The summed E-state index contributed by atoms with van der Waals surface area (Å²) < 4.78 is 1.90. The van der Waals surface area contributed by atoms with Gasteiger partial charge in [0, 0.05) is 0 Å². The Kier molecular flexibility index (Phi) is 6.15. The highest BCUT2D eigenvalue weighted by Crippen LogP contribution is 2.28. The zero-order valence-corrected chi connectivity index (χ0v) is 19.0. The van der Waals surface area contributed by atoms with E-state index in [1.54, 1.807) is 12.4 Å². The first kappa shape index (κ1) is 19.2. The van der Waals surface area contributed by atoms with Gasteiger partial charge in [0.2, 0.25) is 0 Å². The Hall–Kier alpha value is -2.08. The highest BCUT2D eigenvalue weighted by molar-refractivity contribution is 14.1. The van der Waals surface area contributed by atoms with Crippen molar-refractivity contribution in [1.29, 1.82) is 0 Å². The maximum Gasteiger partial charge on any atom is 0.146 e. The van der Waals surface area contributed by atoms with Crippen molar-refractivity contribution in [3.8, 4) is 11.4 Å². The summed E-state index contributed by atoms with van der Waals surface area (Å²) in [5, 5.41) is 8.75. The van der Waals surface area contributed by atoms with Gasteiger partial charge in [0.05, 0.1) is 19.5 Å². The first-order valence-corrected chi connectivity index (χ1v) is 10.7. The fraction of sp³-hybridized carbons (Fsp3) is 0.100. The molecule has 2 heterocycles. The van der Waals surface area contributed by atoms with E-state index in [2.05, 4.69) is 55.4 Å². The number of aromatic nitrogens is 4. The van der Waals surface area contributed by atoms with Crippen molar-refractivity contribution < 1.29 is 9.68 Å². The van der Waals surface area contributed by atoms with E-state index >= 15 is 0 Å². The standard InChI is InChI=1S/C20H16I2N4O2/c21-17-11-23-25(27-13-15-7-3-1-4-8-15)19(17)20-18(22)12-24-26(20)28-14-16-9-5-2-6-10-16/h1-12H,13-14H2. The molecule has 0 radical (unpaired) electrons. The van der Waals surface area contributed by atoms with Crippen molar-refractivity contribution in [2.24, 2.45) is 0 Å². The molecule has 2 aromatic carbocycles. The third-order valence-electron chi connectivity index (χ3n) is 4.00. The van der Waals surface area contributed by atoms with Gasteiger partial charge in [-0.15, -0.1) is 10.2 Å². The summed E-state index contributed by atoms with van der Waals surface area (Å²) in [6.07, 6.45) is 3.54. The van der Waals surface area contributed by atoms with Crippen LogP contribution in [0.5, 0.6) is 0 Å². The van der Waals surface area contributed by atoms with Crippen molar-refractivity contribution in [3.05, 3.63) is 91.3 Å². The summed E-state index contributed by atoms with van der Waals surface area (Å²) in [5.41, 5.74) is 3.77. The molecule has 6 nitrogen and oxygen atoms in total. The lowest BCUT2D eigenvalue weighted by atomic mass is 10.2. The molecule has 0 saturated heterocycles. The van der Waals surface area contributed by atoms with E-state index in [1.165, 1.54) is 9.69 Å². The molecule has 4 aromatic rings. The molecule has 0 bridgehead atoms. The largest absolute Gasteiger partial charge is 0.391 e. The fourth-order valence-corrected chi connectivity index (χ4v) is 3.82. The van der Waals surface area contributed by atoms with E-state index in [4.69, 9.17) is 9.68 Å².